The molecule has 0 spiro atoms. The molecule has 0 aliphatic heterocycles. The fraction of sp³-hybridized carbons (Fsp3) is 0.318. The monoisotopic (exact) mass is 382 g/mol. The molecule has 2 aromatic carbocycles. The normalized spacial score (nSPS) is 10.9. The van der Waals surface area contributed by atoms with E-state index in [-0.39, 0.29) is 24.0 Å². The molecule has 0 aromatic heterocycles. The van der Waals surface area contributed by atoms with Gasteiger partial charge in [0.25, 0.3) is 0 Å². The molecule has 0 bridgehead atoms. The lowest BCUT2D eigenvalue weighted by Crippen LogP contribution is -2.24. The quantitative estimate of drug-likeness (QED) is 0.581. The number of esters is 1. The van der Waals surface area contributed by atoms with Crippen LogP contribution in [0.2, 0.25) is 0 Å². The molecule has 0 atom stereocenters. The summed E-state index contributed by atoms with van der Waals surface area (Å²) in [5.41, 5.74) is 2.08. The van der Waals surface area contributed by atoms with Gasteiger partial charge in [-0.1, -0.05) is 51.1 Å². The highest BCUT2D eigenvalue weighted by Crippen LogP contribution is 2.29. The van der Waals surface area contributed by atoms with Crippen molar-refractivity contribution in [3.63, 3.8) is 0 Å². The lowest BCUT2D eigenvalue weighted by atomic mass is 9.86. The average Bonchev–Trinajstić information content (AvgIpc) is 2.61. The molecule has 2 aromatic rings. The number of benzene rings is 2. The molecule has 0 heterocycles. The van der Waals surface area contributed by atoms with Crippen LogP contribution in [0.25, 0.3) is 0 Å². The first-order valence-electron chi connectivity index (χ1n) is 9.17. The van der Waals surface area contributed by atoms with Crippen molar-refractivity contribution in [2.24, 2.45) is 0 Å². The molecule has 0 unspecified atom stereocenters. The van der Waals surface area contributed by atoms with Gasteiger partial charge in [-0.2, -0.15) is 0 Å². The van der Waals surface area contributed by atoms with Crippen LogP contribution in [0.1, 0.15) is 50.0 Å². The van der Waals surface area contributed by atoms with Crippen LogP contribution in [0.5, 0.6) is 0 Å². The van der Waals surface area contributed by atoms with Gasteiger partial charge in [-0.05, 0) is 36.1 Å². The predicted molar refractivity (Wildman–Crippen MR) is 109 cm³/mol. The maximum Gasteiger partial charge on any atom is 0.340 e. The fourth-order valence-corrected chi connectivity index (χ4v) is 2.76. The minimum atomic E-state index is -0.526. The number of para-hydroxylation sites is 2. The van der Waals surface area contributed by atoms with Gasteiger partial charge in [-0.25, -0.2) is 4.79 Å². The first kappa shape index (κ1) is 21.2. The van der Waals surface area contributed by atoms with E-state index in [4.69, 9.17) is 4.74 Å². The average molecular weight is 382 g/mol. The highest BCUT2D eigenvalue weighted by molar-refractivity contribution is 6.10. The zero-order valence-electron chi connectivity index (χ0n) is 16.7. The Morgan fingerprint density at radius 1 is 0.857 bits per heavy atom. The summed E-state index contributed by atoms with van der Waals surface area (Å²) in [6.45, 7) is 8.10. The molecule has 148 valence electrons. The minimum absolute atomic E-state index is 0.148. The number of rotatable bonds is 6. The third-order valence-corrected chi connectivity index (χ3v) is 4.03. The van der Waals surface area contributed by atoms with Crippen LogP contribution < -0.4 is 10.6 Å². The number of ether oxygens (including phenoxy) is 1. The second-order valence-electron chi connectivity index (χ2n) is 7.33. The molecule has 6 nitrogen and oxygen atoms in total. The van der Waals surface area contributed by atoms with Gasteiger partial charge in [0, 0.05) is 5.69 Å². The number of hydrogen-bond acceptors (Lipinski definition) is 4. The number of hydrogen-bond donors (Lipinski definition) is 2. The Morgan fingerprint density at radius 3 is 2.00 bits per heavy atom. The van der Waals surface area contributed by atoms with Gasteiger partial charge < -0.3 is 15.4 Å². The number of nitrogens with one attached hydrogen (secondary N) is 2. The summed E-state index contributed by atoms with van der Waals surface area (Å²) < 4.78 is 4.99. The lowest BCUT2D eigenvalue weighted by molar-refractivity contribution is -0.123. The summed E-state index contributed by atoms with van der Waals surface area (Å²) in [7, 11) is 0. The van der Waals surface area contributed by atoms with Gasteiger partial charge >= 0.3 is 5.97 Å². The summed E-state index contributed by atoms with van der Waals surface area (Å²) in [6, 6.07) is 14.0. The summed E-state index contributed by atoms with van der Waals surface area (Å²) in [6.07, 6.45) is -0.365. The second-order valence-corrected chi connectivity index (χ2v) is 7.33. The maximum atomic E-state index is 12.3. The van der Waals surface area contributed by atoms with Crippen molar-refractivity contribution in [3.8, 4) is 0 Å². The largest absolute Gasteiger partial charge is 0.462 e. The Bertz CT molecular complexity index is 869. The Balaban J connectivity index is 2.05. The summed E-state index contributed by atoms with van der Waals surface area (Å²) >= 11 is 0. The van der Waals surface area contributed by atoms with E-state index in [2.05, 4.69) is 31.4 Å². The van der Waals surface area contributed by atoms with Crippen LogP contribution in [0.4, 0.5) is 11.4 Å². The zero-order valence-corrected chi connectivity index (χ0v) is 16.7. The first-order valence-corrected chi connectivity index (χ1v) is 9.17. The van der Waals surface area contributed by atoms with Crippen LogP contribution in [0.15, 0.2) is 48.5 Å². The fourth-order valence-electron chi connectivity index (χ4n) is 2.76. The highest BCUT2D eigenvalue weighted by atomic mass is 16.5. The molecule has 2 N–H and O–H groups in total. The van der Waals surface area contributed by atoms with Crippen molar-refractivity contribution in [2.45, 2.75) is 39.5 Å². The number of carbonyl (C=O) groups is 3. The maximum absolute atomic E-state index is 12.3. The highest BCUT2D eigenvalue weighted by Gasteiger charge is 2.20. The van der Waals surface area contributed by atoms with Gasteiger partial charge in [0.2, 0.25) is 11.8 Å². The Hall–Kier alpha value is -3.15. The molecular formula is C22H26N2O4. The van der Waals surface area contributed by atoms with E-state index in [1.807, 2.05) is 24.3 Å². The number of amides is 2. The van der Waals surface area contributed by atoms with Gasteiger partial charge in [-0.3, -0.25) is 9.59 Å². The number of carbonyl (C=O) groups excluding carboxylic acids is 3. The molecule has 0 aliphatic rings. The molecule has 6 heteroatoms. The Morgan fingerprint density at radius 2 is 1.39 bits per heavy atom. The summed E-state index contributed by atoms with van der Waals surface area (Å²) in [5, 5.41) is 5.41. The topological polar surface area (TPSA) is 84.5 Å². The summed E-state index contributed by atoms with van der Waals surface area (Å²) in [4.78, 5) is 36.6. The second kappa shape index (κ2) is 9.17. The van der Waals surface area contributed by atoms with E-state index in [0.29, 0.717) is 11.4 Å². The van der Waals surface area contributed by atoms with Crippen molar-refractivity contribution in [1.82, 2.24) is 0 Å². The van der Waals surface area contributed by atoms with Crippen molar-refractivity contribution in [3.05, 3.63) is 59.7 Å². The Labute approximate surface area is 165 Å². The smallest absolute Gasteiger partial charge is 0.340 e. The van der Waals surface area contributed by atoms with Crippen molar-refractivity contribution < 1.29 is 19.1 Å². The van der Waals surface area contributed by atoms with Gasteiger partial charge in [0.1, 0.15) is 6.42 Å². The predicted octanol–water partition coefficient (Wildman–Crippen LogP) is 4.13. The molecule has 0 saturated heterocycles. The molecule has 0 fully saturated rings. The summed E-state index contributed by atoms with van der Waals surface area (Å²) in [5.74, 6) is -1.47. The van der Waals surface area contributed by atoms with Gasteiger partial charge in [0.15, 0.2) is 0 Å². The molecule has 0 aliphatic carbocycles. The molecular weight excluding hydrogens is 356 g/mol. The van der Waals surface area contributed by atoms with Crippen molar-refractivity contribution >= 4 is 29.2 Å². The SMILES string of the molecule is CCOC(=O)c1ccccc1NC(=O)CC(=O)Nc1ccccc1C(C)(C)C. The van der Waals surface area contributed by atoms with E-state index in [1.54, 1.807) is 31.2 Å². The van der Waals surface area contributed by atoms with Gasteiger partial charge in [-0.15, -0.1) is 0 Å². The van der Waals surface area contributed by atoms with Crippen LogP contribution >= 0.6 is 0 Å². The van der Waals surface area contributed by atoms with Gasteiger partial charge in [0.05, 0.1) is 17.9 Å². The third kappa shape index (κ3) is 5.67. The van der Waals surface area contributed by atoms with Crippen LogP contribution in [0, 0.1) is 0 Å². The molecule has 0 saturated carbocycles. The van der Waals surface area contributed by atoms with E-state index in [9.17, 15) is 14.4 Å². The van der Waals surface area contributed by atoms with Crippen molar-refractivity contribution in [2.75, 3.05) is 17.2 Å². The van der Waals surface area contributed by atoms with Crippen molar-refractivity contribution in [1.29, 1.82) is 0 Å². The van der Waals surface area contributed by atoms with E-state index < -0.39 is 17.8 Å². The Kier molecular flexibility index (Phi) is 6.93. The van der Waals surface area contributed by atoms with Crippen LogP contribution in [0.3, 0.4) is 0 Å². The first-order chi connectivity index (χ1) is 13.2. The van der Waals surface area contributed by atoms with E-state index >= 15 is 0 Å². The third-order valence-electron chi connectivity index (χ3n) is 4.03. The lowest BCUT2D eigenvalue weighted by Gasteiger charge is -2.23. The minimum Gasteiger partial charge on any atom is -0.462 e. The molecule has 2 rings (SSSR count). The standard InChI is InChI=1S/C22H26N2O4/c1-5-28-21(27)15-10-6-8-12-17(15)23-19(25)14-20(26)24-18-13-9-7-11-16(18)22(2,3)4/h6-13H,5,14H2,1-4H3,(H,23,25)(H,24,26). The zero-order chi connectivity index (χ0) is 20.7. The van der Waals surface area contributed by atoms with E-state index in [0.717, 1.165) is 5.56 Å². The van der Waals surface area contributed by atoms with E-state index in [1.165, 1.54) is 0 Å². The molecule has 2 amide bonds. The molecule has 28 heavy (non-hydrogen) atoms. The van der Waals surface area contributed by atoms with Crippen LogP contribution in [-0.4, -0.2) is 24.4 Å². The number of anilines is 2. The van der Waals surface area contributed by atoms with Crippen LogP contribution in [-0.2, 0) is 19.7 Å². The molecule has 0 radical (unpaired) electrons.